The lowest BCUT2D eigenvalue weighted by Gasteiger charge is -2.31. The van der Waals surface area contributed by atoms with Crippen molar-refractivity contribution >= 4 is 22.6 Å². The Bertz CT molecular complexity index is 751. The van der Waals surface area contributed by atoms with Crippen molar-refractivity contribution in [1.82, 2.24) is 10.2 Å². The Morgan fingerprint density at radius 2 is 1.80 bits per heavy atom. The Hall–Kier alpha value is -2.40. The van der Waals surface area contributed by atoms with E-state index in [1.807, 2.05) is 41.3 Å². The van der Waals surface area contributed by atoms with Crippen LogP contribution in [-0.4, -0.2) is 48.1 Å². The van der Waals surface area contributed by atoms with Gasteiger partial charge in [-0.1, -0.05) is 30.3 Å². The third-order valence-electron chi connectivity index (χ3n) is 4.86. The normalized spacial score (nSPS) is 15.3. The first-order valence-electron chi connectivity index (χ1n) is 8.83. The molecule has 5 nitrogen and oxygen atoms in total. The molecule has 1 fully saturated rings. The maximum absolute atomic E-state index is 12.3. The Morgan fingerprint density at radius 1 is 1.08 bits per heavy atom. The van der Waals surface area contributed by atoms with Crippen molar-refractivity contribution in [3.05, 3.63) is 48.0 Å². The summed E-state index contributed by atoms with van der Waals surface area (Å²) < 4.78 is 0. The number of aliphatic hydroxyl groups excluding tert-OH is 1. The molecule has 0 radical (unpaired) electrons. The van der Waals surface area contributed by atoms with E-state index in [2.05, 4.69) is 5.32 Å². The fourth-order valence-electron chi connectivity index (χ4n) is 3.24. The average Bonchev–Trinajstić information content (AvgIpc) is 2.67. The van der Waals surface area contributed by atoms with E-state index in [0.29, 0.717) is 37.5 Å². The fraction of sp³-hybridized carbons (Fsp3) is 0.400. The summed E-state index contributed by atoms with van der Waals surface area (Å²) in [4.78, 5) is 26.3. The molecule has 1 aliphatic rings. The number of hydrogen-bond acceptors (Lipinski definition) is 3. The summed E-state index contributed by atoms with van der Waals surface area (Å²) in [5.74, 6) is 0.226. The van der Waals surface area contributed by atoms with Gasteiger partial charge in [0, 0.05) is 38.2 Å². The minimum absolute atomic E-state index is 0.0650. The lowest BCUT2D eigenvalue weighted by atomic mass is 9.98. The number of aliphatic hydroxyl groups is 1. The third-order valence-corrected chi connectivity index (χ3v) is 4.86. The topological polar surface area (TPSA) is 69.6 Å². The number of amides is 2. The van der Waals surface area contributed by atoms with E-state index in [0.717, 1.165) is 23.6 Å². The molecule has 2 amide bonds. The van der Waals surface area contributed by atoms with E-state index in [-0.39, 0.29) is 18.4 Å². The summed E-state index contributed by atoms with van der Waals surface area (Å²) in [6.45, 7) is 1.93. The smallest absolute Gasteiger partial charge is 0.251 e. The Labute approximate surface area is 147 Å². The molecule has 2 N–H and O–H groups in total. The predicted octanol–water partition coefficient (Wildman–Crippen LogP) is 2.19. The van der Waals surface area contributed by atoms with Gasteiger partial charge in [0.2, 0.25) is 5.91 Å². The van der Waals surface area contributed by atoms with E-state index in [9.17, 15) is 9.59 Å². The van der Waals surface area contributed by atoms with Crippen LogP contribution in [0, 0.1) is 5.92 Å². The van der Waals surface area contributed by atoms with Crippen molar-refractivity contribution in [3.8, 4) is 0 Å². The molecule has 1 aliphatic heterocycles. The van der Waals surface area contributed by atoms with E-state index >= 15 is 0 Å². The van der Waals surface area contributed by atoms with Crippen molar-refractivity contribution in [1.29, 1.82) is 0 Å². The second-order valence-electron chi connectivity index (χ2n) is 6.57. The average molecular weight is 340 g/mol. The van der Waals surface area contributed by atoms with Gasteiger partial charge >= 0.3 is 0 Å². The molecule has 2 aromatic carbocycles. The Balaban J connectivity index is 1.48. The molecule has 0 aliphatic carbocycles. The molecule has 1 saturated heterocycles. The molecular formula is C20H24N2O3. The summed E-state index contributed by atoms with van der Waals surface area (Å²) >= 11 is 0. The van der Waals surface area contributed by atoms with Crippen molar-refractivity contribution in [2.75, 3.05) is 26.2 Å². The van der Waals surface area contributed by atoms with E-state index in [4.69, 9.17) is 5.11 Å². The van der Waals surface area contributed by atoms with Crippen LogP contribution in [0.25, 0.3) is 10.8 Å². The van der Waals surface area contributed by atoms with Gasteiger partial charge < -0.3 is 15.3 Å². The molecule has 0 aromatic heterocycles. The molecule has 25 heavy (non-hydrogen) atoms. The SMILES string of the molecule is O=C(NCCC(=O)N1CCC(CO)CC1)c1ccc2ccccc2c1. The second kappa shape index (κ2) is 8.12. The van der Waals surface area contributed by atoms with Crippen LogP contribution in [0.1, 0.15) is 29.6 Å². The number of nitrogens with zero attached hydrogens (tertiary/aromatic N) is 1. The summed E-state index contributed by atoms with van der Waals surface area (Å²) in [6, 6.07) is 13.5. The van der Waals surface area contributed by atoms with Crippen LogP contribution in [0.15, 0.2) is 42.5 Å². The predicted molar refractivity (Wildman–Crippen MR) is 97.3 cm³/mol. The van der Waals surface area contributed by atoms with Crippen molar-refractivity contribution < 1.29 is 14.7 Å². The second-order valence-corrected chi connectivity index (χ2v) is 6.57. The summed E-state index contributed by atoms with van der Waals surface area (Å²) in [6.07, 6.45) is 2.01. The van der Waals surface area contributed by atoms with Gasteiger partial charge in [0.25, 0.3) is 5.91 Å². The Kier molecular flexibility index (Phi) is 5.66. The molecule has 2 aromatic rings. The van der Waals surface area contributed by atoms with Crippen LogP contribution in [0.2, 0.25) is 0 Å². The summed E-state index contributed by atoms with van der Waals surface area (Å²) in [5.41, 5.74) is 0.606. The molecule has 0 saturated carbocycles. The maximum Gasteiger partial charge on any atom is 0.251 e. The van der Waals surface area contributed by atoms with Crippen molar-refractivity contribution in [2.24, 2.45) is 5.92 Å². The zero-order chi connectivity index (χ0) is 17.6. The van der Waals surface area contributed by atoms with Gasteiger partial charge in [0.1, 0.15) is 0 Å². The third kappa shape index (κ3) is 4.37. The molecule has 5 heteroatoms. The van der Waals surface area contributed by atoms with Gasteiger partial charge in [-0.3, -0.25) is 9.59 Å². The monoisotopic (exact) mass is 340 g/mol. The number of benzene rings is 2. The van der Waals surface area contributed by atoms with Gasteiger partial charge in [0.15, 0.2) is 0 Å². The first kappa shape index (κ1) is 17.4. The fourth-order valence-corrected chi connectivity index (χ4v) is 3.24. The number of carbonyl (C=O) groups excluding carboxylic acids is 2. The quantitative estimate of drug-likeness (QED) is 0.877. The zero-order valence-corrected chi connectivity index (χ0v) is 14.3. The molecule has 0 unspecified atom stereocenters. The molecule has 3 rings (SSSR count). The molecule has 132 valence electrons. The van der Waals surface area contributed by atoms with Gasteiger partial charge in [-0.2, -0.15) is 0 Å². The highest BCUT2D eigenvalue weighted by Gasteiger charge is 2.21. The number of carbonyl (C=O) groups is 2. The highest BCUT2D eigenvalue weighted by Crippen LogP contribution is 2.17. The largest absolute Gasteiger partial charge is 0.396 e. The minimum atomic E-state index is -0.155. The molecule has 1 heterocycles. The summed E-state index contributed by atoms with van der Waals surface area (Å²) in [5, 5.41) is 14.1. The highest BCUT2D eigenvalue weighted by atomic mass is 16.3. The number of likely N-dealkylation sites (tertiary alicyclic amines) is 1. The molecule has 0 bridgehead atoms. The van der Waals surface area contributed by atoms with Crippen LogP contribution < -0.4 is 5.32 Å². The van der Waals surface area contributed by atoms with E-state index in [1.54, 1.807) is 6.07 Å². The lowest BCUT2D eigenvalue weighted by molar-refractivity contribution is -0.132. The number of fused-ring (bicyclic) bond motifs is 1. The first-order chi connectivity index (χ1) is 12.2. The van der Waals surface area contributed by atoms with E-state index < -0.39 is 0 Å². The molecule has 0 spiro atoms. The standard InChI is InChI=1S/C20H24N2O3/c23-14-15-8-11-22(12-9-15)19(24)7-10-21-20(25)18-6-5-16-3-1-2-4-17(16)13-18/h1-6,13,15,23H,7-12,14H2,(H,21,25). The molecular weight excluding hydrogens is 316 g/mol. The van der Waals surface area contributed by atoms with Gasteiger partial charge in [0.05, 0.1) is 0 Å². The minimum Gasteiger partial charge on any atom is -0.396 e. The van der Waals surface area contributed by atoms with Crippen molar-refractivity contribution in [2.45, 2.75) is 19.3 Å². The van der Waals surface area contributed by atoms with Gasteiger partial charge in [-0.25, -0.2) is 0 Å². The van der Waals surface area contributed by atoms with Gasteiger partial charge in [-0.15, -0.1) is 0 Å². The van der Waals surface area contributed by atoms with E-state index in [1.165, 1.54) is 0 Å². The maximum atomic E-state index is 12.3. The van der Waals surface area contributed by atoms with Crippen LogP contribution in [-0.2, 0) is 4.79 Å². The Morgan fingerprint density at radius 3 is 2.52 bits per heavy atom. The lowest BCUT2D eigenvalue weighted by Crippen LogP contribution is -2.40. The number of nitrogens with one attached hydrogen (secondary N) is 1. The van der Waals surface area contributed by atoms with Crippen LogP contribution in [0.5, 0.6) is 0 Å². The van der Waals surface area contributed by atoms with Crippen LogP contribution >= 0.6 is 0 Å². The highest BCUT2D eigenvalue weighted by molar-refractivity contribution is 5.98. The summed E-state index contributed by atoms with van der Waals surface area (Å²) in [7, 11) is 0. The van der Waals surface area contributed by atoms with Crippen LogP contribution in [0.3, 0.4) is 0 Å². The number of rotatable bonds is 5. The molecule has 0 atom stereocenters. The zero-order valence-electron chi connectivity index (χ0n) is 14.3. The van der Waals surface area contributed by atoms with Crippen LogP contribution in [0.4, 0.5) is 0 Å². The number of piperidine rings is 1. The first-order valence-corrected chi connectivity index (χ1v) is 8.83. The number of hydrogen-bond donors (Lipinski definition) is 2. The van der Waals surface area contributed by atoms with Gasteiger partial charge in [-0.05, 0) is 41.7 Å². The van der Waals surface area contributed by atoms with Crippen molar-refractivity contribution in [3.63, 3.8) is 0 Å².